The lowest BCUT2D eigenvalue weighted by atomic mass is 9.96. The Kier molecular flexibility index (Phi) is 8.13. The summed E-state index contributed by atoms with van der Waals surface area (Å²) in [4.78, 5) is 8.67. The highest BCUT2D eigenvalue weighted by Gasteiger charge is 2.45. The number of fused-ring (bicyclic) bond motifs is 3. The second-order valence-electron chi connectivity index (χ2n) is 12.9. The summed E-state index contributed by atoms with van der Waals surface area (Å²) in [6.45, 7) is 11.4. The quantitative estimate of drug-likeness (QED) is 0.0810. The summed E-state index contributed by atoms with van der Waals surface area (Å²) < 4.78 is 58.9. The molecule has 0 aliphatic carbocycles. The molecular weight excluding hydrogens is 688 g/mol. The molecule has 0 radical (unpaired) electrons. The minimum absolute atomic E-state index is 0.0963. The lowest BCUT2D eigenvalue weighted by molar-refractivity contribution is -0.137. The predicted molar refractivity (Wildman–Crippen MR) is 172 cm³/mol. The van der Waals surface area contributed by atoms with Crippen LogP contribution in [0.15, 0.2) is 35.1 Å². The fourth-order valence-electron chi connectivity index (χ4n) is 6.29. The second kappa shape index (κ2) is 11.5. The number of alkyl halides is 3. The zero-order valence-corrected chi connectivity index (χ0v) is 28.1. The molecule has 5 heterocycles. The maximum absolute atomic E-state index is 14.4. The summed E-state index contributed by atoms with van der Waals surface area (Å²) >= 11 is 2.36. The van der Waals surface area contributed by atoms with E-state index in [9.17, 15) is 13.2 Å². The standard InChI is InChI=1S/C30H36F3IN6O2Si/c1-17-27(18(2)42-38-17)19-6-8-21-22(15-39(26(21)12-19)16-41-10-11-43(3,4)5)28-23(30(31,32)33)14-35-29(37-28)36-24-13-20-7-9-25(24)40(20)34/h6,8,12,14-15,20,24-25H,7,9-11,13,16H2,1-5H3,(H,35,36,37)/t20?,24?,25-/m1/s1. The van der Waals surface area contributed by atoms with E-state index < -0.39 is 19.8 Å². The Morgan fingerprint density at radius 2 is 1.98 bits per heavy atom. The second-order valence-corrected chi connectivity index (χ2v) is 19.6. The number of hydrogen-bond donors (Lipinski definition) is 1. The van der Waals surface area contributed by atoms with Gasteiger partial charge in [0.05, 0.1) is 16.9 Å². The van der Waals surface area contributed by atoms with Crippen LogP contribution in [0.1, 0.15) is 36.3 Å². The number of anilines is 1. The van der Waals surface area contributed by atoms with Gasteiger partial charge in [0.1, 0.15) is 18.1 Å². The van der Waals surface area contributed by atoms with Crippen LogP contribution in [-0.2, 0) is 17.6 Å². The third-order valence-electron chi connectivity index (χ3n) is 8.55. The van der Waals surface area contributed by atoms with Gasteiger partial charge in [0.25, 0.3) is 0 Å². The van der Waals surface area contributed by atoms with Crippen molar-refractivity contribution in [2.24, 2.45) is 0 Å². The van der Waals surface area contributed by atoms with Crippen molar-refractivity contribution in [1.82, 2.24) is 22.8 Å². The minimum atomic E-state index is -4.63. The Morgan fingerprint density at radius 1 is 1.19 bits per heavy atom. The molecule has 2 bridgehead atoms. The molecule has 230 valence electrons. The summed E-state index contributed by atoms with van der Waals surface area (Å²) in [5.41, 5.74) is 2.61. The highest BCUT2D eigenvalue weighted by atomic mass is 127. The van der Waals surface area contributed by atoms with Crippen LogP contribution in [0, 0.1) is 13.8 Å². The molecule has 0 saturated carbocycles. The molecule has 2 aliphatic rings. The minimum Gasteiger partial charge on any atom is -0.361 e. The van der Waals surface area contributed by atoms with Crippen LogP contribution >= 0.6 is 22.9 Å². The van der Waals surface area contributed by atoms with E-state index in [2.05, 4.69) is 66.1 Å². The van der Waals surface area contributed by atoms with Gasteiger partial charge < -0.3 is 19.1 Å². The molecule has 8 nitrogen and oxygen atoms in total. The van der Waals surface area contributed by atoms with Crippen LogP contribution in [0.5, 0.6) is 0 Å². The van der Waals surface area contributed by atoms with Crippen LogP contribution in [0.3, 0.4) is 0 Å². The summed E-state index contributed by atoms with van der Waals surface area (Å²) in [7, 11) is -1.32. The first-order valence-corrected chi connectivity index (χ1v) is 19.3. The Labute approximate surface area is 263 Å². The summed E-state index contributed by atoms with van der Waals surface area (Å²) in [6.07, 6.45) is 1.12. The maximum Gasteiger partial charge on any atom is 0.419 e. The van der Waals surface area contributed by atoms with Crippen LogP contribution in [0.25, 0.3) is 33.3 Å². The van der Waals surface area contributed by atoms with E-state index in [4.69, 9.17) is 9.26 Å². The Morgan fingerprint density at radius 3 is 2.60 bits per heavy atom. The fraction of sp³-hybridized carbons (Fsp3) is 0.500. The summed E-state index contributed by atoms with van der Waals surface area (Å²) in [5, 5.41) is 8.10. The van der Waals surface area contributed by atoms with Crippen molar-refractivity contribution in [1.29, 1.82) is 0 Å². The van der Waals surface area contributed by atoms with E-state index in [0.29, 0.717) is 35.4 Å². The van der Waals surface area contributed by atoms with Crippen molar-refractivity contribution in [3.63, 3.8) is 0 Å². The molecule has 2 saturated heterocycles. The van der Waals surface area contributed by atoms with E-state index in [1.807, 2.05) is 36.6 Å². The third kappa shape index (κ3) is 6.09. The SMILES string of the molecule is Cc1noc(C)c1-c1ccc2c(-c3nc(NC4CC5CC[C@H]4N5I)ncc3C(F)(F)F)cn(COCC[Si](C)(C)C)c2c1. The summed E-state index contributed by atoms with van der Waals surface area (Å²) in [6, 6.07) is 7.58. The van der Waals surface area contributed by atoms with E-state index in [1.54, 1.807) is 6.20 Å². The summed E-state index contributed by atoms with van der Waals surface area (Å²) in [5.74, 6) is 0.892. The van der Waals surface area contributed by atoms with Crippen molar-refractivity contribution in [3.05, 3.63) is 47.6 Å². The Hall–Kier alpha value is -2.49. The van der Waals surface area contributed by atoms with Gasteiger partial charge in [0, 0.05) is 84.6 Å². The van der Waals surface area contributed by atoms with Gasteiger partial charge in [-0.25, -0.2) is 13.1 Å². The molecule has 0 amide bonds. The van der Waals surface area contributed by atoms with Gasteiger partial charge in [0.15, 0.2) is 0 Å². The highest BCUT2D eigenvalue weighted by Crippen LogP contribution is 2.43. The predicted octanol–water partition coefficient (Wildman–Crippen LogP) is 8.07. The average Bonchev–Trinajstić information content (AvgIpc) is 3.66. The molecule has 2 fully saturated rings. The lowest BCUT2D eigenvalue weighted by Crippen LogP contribution is -2.33. The zero-order valence-electron chi connectivity index (χ0n) is 24.9. The number of hydrogen-bond acceptors (Lipinski definition) is 7. The number of benzene rings is 1. The van der Waals surface area contributed by atoms with Crippen molar-refractivity contribution in [2.45, 2.75) is 89.8 Å². The van der Waals surface area contributed by atoms with E-state index >= 15 is 0 Å². The van der Waals surface area contributed by atoms with E-state index in [0.717, 1.165) is 53.8 Å². The Balaban J connectivity index is 1.43. The smallest absolute Gasteiger partial charge is 0.361 e. The molecule has 0 spiro atoms. The number of rotatable bonds is 9. The first-order chi connectivity index (χ1) is 20.3. The number of halogens is 4. The zero-order chi connectivity index (χ0) is 30.7. The molecule has 2 unspecified atom stereocenters. The first-order valence-electron chi connectivity index (χ1n) is 14.6. The lowest BCUT2D eigenvalue weighted by Gasteiger charge is -2.22. The van der Waals surface area contributed by atoms with Crippen LogP contribution in [0.4, 0.5) is 19.1 Å². The topological polar surface area (TPSA) is 81.2 Å². The molecule has 4 aromatic rings. The number of ether oxygens (including phenoxy) is 1. The molecule has 2 aliphatic heterocycles. The van der Waals surface area contributed by atoms with Crippen LogP contribution < -0.4 is 5.32 Å². The van der Waals surface area contributed by atoms with E-state index in [1.165, 1.54) is 0 Å². The van der Waals surface area contributed by atoms with Crippen LogP contribution in [0.2, 0.25) is 25.7 Å². The van der Waals surface area contributed by atoms with Gasteiger partial charge in [-0.15, -0.1) is 0 Å². The van der Waals surface area contributed by atoms with Gasteiger partial charge in [0.2, 0.25) is 5.95 Å². The average molecular weight is 725 g/mol. The molecule has 3 atom stereocenters. The van der Waals surface area contributed by atoms with E-state index in [-0.39, 0.29) is 24.4 Å². The molecular formula is C30H36F3IN6O2Si. The molecule has 13 heteroatoms. The number of nitrogens with zero attached hydrogens (tertiary/aromatic N) is 5. The van der Waals surface area contributed by atoms with Gasteiger partial charge >= 0.3 is 6.18 Å². The first kappa shape index (κ1) is 30.5. The van der Waals surface area contributed by atoms with Gasteiger partial charge in [-0.1, -0.05) is 36.9 Å². The Bertz CT molecular complexity index is 1630. The largest absolute Gasteiger partial charge is 0.419 e. The third-order valence-corrected chi connectivity index (χ3v) is 11.8. The van der Waals surface area contributed by atoms with Gasteiger partial charge in [-0.3, -0.25) is 0 Å². The molecule has 1 aromatic carbocycles. The van der Waals surface area contributed by atoms with Crippen molar-refractivity contribution < 1.29 is 22.4 Å². The maximum atomic E-state index is 14.4. The highest BCUT2D eigenvalue weighted by molar-refractivity contribution is 14.1. The van der Waals surface area contributed by atoms with Crippen molar-refractivity contribution in [2.75, 3.05) is 11.9 Å². The normalized spacial score (nSPS) is 20.9. The number of nitrogens with one attached hydrogen (secondary N) is 1. The number of aryl methyl sites for hydroxylation is 2. The van der Waals surface area contributed by atoms with Gasteiger partial charge in [-0.05, 0) is 50.8 Å². The molecule has 43 heavy (non-hydrogen) atoms. The van der Waals surface area contributed by atoms with Crippen molar-refractivity contribution >= 4 is 47.8 Å². The fourth-order valence-corrected chi connectivity index (χ4v) is 8.22. The molecule has 1 N–H and O–H groups in total. The molecule has 3 aromatic heterocycles. The molecule has 6 rings (SSSR count). The monoisotopic (exact) mass is 724 g/mol. The van der Waals surface area contributed by atoms with Crippen LogP contribution in [-0.4, -0.2) is 55.6 Å². The van der Waals surface area contributed by atoms with Crippen molar-refractivity contribution in [3.8, 4) is 22.4 Å². The van der Waals surface area contributed by atoms with Gasteiger partial charge in [-0.2, -0.15) is 13.2 Å². The number of aromatic nitrogens is 4.